The molecule has 2 aromatic carbocycles. The zero-order valence-corrected chi connectivity index (χ0v) is 22.1. The van der Waals surface area contributed by atoms with E-state index in [9.17, 15) is 30.3 Å². The molecule has 0 saturated carbocycles. The molecule has 0 bridgehead atoms. The van der Waals surface area contributed by atoms with E-state index in [0.29, 0.717) is 5.56 Å². The fourth-order valence-corrected chi connectivity index (χ4v) is 4.41. The maximum Gasteiger partial charge on any atom is 0.174 e. The Morgan fingerprint density at radius 1 is 0.865 bits per heavy atom. The Bertz CT molecular complexity index is 1270. The molecular weight excluding hydrogens is 472 g/mol. The van der Waals surface area contributed by atoms with Crippen molar-refractivity contribution in [2.75, 3.05) is 0 Å². The molecule has 5 N–H and O–H groups in total. The van der Waals surface area contributed by atoms with Crippen LogP contribution in [0.2, 0.25) is 0 Å². The molecule has 7 nitrogen and oxygen atoms in total. The number of Topliss-reactive ketones (excluding diaryl/α,β-unsaturated/α-hetero) is 1. The van der Waals surface area contributed by atoms with Crippen LogP contribution >= 0.6 is 0 Å². The summed E-state index contributed by atoms with van der Waals surface area (Å²) in [6, 6.07) is 2.10. The number of carbonyl (C=O) groups is 1. The average Bonchev–Trinajstić information content (AvgIpc) is 2.77. The molecule has 0 spiro atoms. The summed E-state index contributed by atoms with van der Waals surface area (Å²) in [5.74, 6) is -2.10. The molecule has 0 saturated heterocycles. The molecule has 1 heterocycles. The Hall–Kier alpha value is -3.87. The number of phenols is 5. The lowest BCUT2D eigenvalue weighted by atomic mass is 9.88. The normalized spacial score (nSPS) is 15.1. The van der Waals surface area contributed by atoms with Crippen LogP contribution in [0.25, 0.3) is 0 Å². The molecule has 2 aromatic rings. The van der Waals surface area contributed by atoms with Crippen molar-refractivity contribution >= 4 is 5.78 Å². The van der Waals surface area contributed by atoms with Gasteiger partial charge in [0.05, 0.1) is 12.0 Å². The summed E-state index contributed by atoms with van der Waals surface area (Å²) in [6.45, 7) is 9.90. The number of hydrogen-bond acceptors (Lipinski definition) is 7. The number of allylic oxidation sites excluding steroid dienone is 6. The molecule has 0 radical (unpaired) electrons. The monoisotopic (exact) mass is 508 g/mol. The van der Waals surface area contributed by atoms with Crippen LogP contribution in [0.15, 0.2) is 47.1 Å². The molecule has 7 heteroatoms. The van der Waals surface area contributed by atoms with Gasteiger partial charge in [-0.05, 0) is 60.3 Å². The second-order valence-electron chi connectivity index (χ2n) is 10.1. The van der Waals surface area contributed by atoms with Crippen molar-refractivity contribution in [3.8, 4) is 34.5 Å². The Kier molecular flexibility index (Phi) is 8.58. The minimum absolute atomic E-state index is 0.0189. The highest BCUT2D eigenvalue weighted by Gasteiger charge is 2.37. The highest BCUT2D eigenvalue weighted by molar-refractivity contribution is 6.04. The fraction of sp³-hybridized carbons (Fsp3) is 0.367. The Balaban J connectivity index is 2.08. The van der Waals surface area contributed by atoms with Crippen molar-refractivity contribution in [2.45, 2.75) is 72.8 Å². The number of ketones is 1. The molecular formula is C30H36O7. The maximum absolute atomic E-state index is 13.3. The second kappa shape index (κ2) is 11.5. The summed E-state index contributed by atoms with van der Waals surface area (Å²) < 4.78 is 6.08. The first-order valence-corrected chi connectivity index (χ1v) is 12.4. The van der Waals surface area contributed by atoms with Gasteiger partial charge in [-0.25, -0.2) is 0 Å². The van der Waals surface area contributed by atoms with Gasteiger partial charge in [-0.2, -0.15) is 0 Å². The number of carbonyl (C=O) groups excluding carboxylic acids is 1. The smallest absolute Gasteiger partial charge is 0.174 e. The SMILES string of the molecule is CC(C)=CCCC(C)=CCc1c(O)c(CC=C(C)C)c2c(c1O)C(=O)C[C@@H](c1c(O)cc(O)cc1O)O2. The predicted octanol–water partition coefficient (Wildman–Crippen LogP) is 6.67. The number of benzene rings is 2. The first kappa shape index (κ1) is 27.7. The Morgan fingerprint density at radius 3 is 2.05 bits per heavy atom. The van der Waals surface area contributed by atoms with Crippen LogP contribution in [0.3, 0.4) is 0 Å². The molecule has 37 heavy (non-hydrogen) atoms. The van der Waals surface area contributed by atoms with Gasteiger partial charge >= 0.3 is 0 Å². The van der Waals surface area contributed by atoms with Gasteiger partial charge in [-0.1, -0.05) is 34.9 Å². The summed E-state index contributed by atoms with van der Waals surface area (Å²) in [5, 5.41) is 52.7. The van der Waals surface area contributed by atoms with E-state index < -0.39 is 23.4 Å². The number of ether oxygens (including phenoxy) is 1. The molecule has 3 rings (SSSR count). The number of rotatable bonds is 8. The topological polar surface area (TPSA) is 127 Å². The van der Waals surface area contributed by atoms with Crippen molar-refractivity contribution in [1.82, 2.24) is 0 Å². The second-order valence-corrected chi connectivity index (χ2v) is 10.1. The molecule has 0 aromatic heterocycles. The van der Waals surface area contributed by atoms with Gasteiger partial charge in [0.25, 0.3) is 0 Å². The van der Waals surface area contributed by atoms with Gasteiger partial charge in [0.15, 0.2) is 5.78 Å². The molecule has 1 aliphatic heterocycles. The highest BCUT2D eigenvalue weighted by atomic mass is 16.5. The fourth-order valence-electron chi connectivity index (χ4n) is 4.41. The van der Waals surface area contributed by atoms with Crippen LogP contribution in [0.1, 0.15) is 87.0 Å². The van der Waals surface area contributed by atoms with Gasteiger partial charge in [-0.15, -0.1) is 0 Å². The van der Waals surface area contributed by atoms with Gasteiger partial charge in [0.2, 0.25) is 0 Å². The molecule has 0 aliphatic carbocycles. The lowest BCUT2D eigenvalue weighted by Gasteiger charge is -2.30. The van der Waals surface area contributed by atoms with E-state index in [1.165, 1.54) is 5.57 Å². The van der Waals surface area contributed by atoms with Crippen molar-refractivity contribution in [3.63, 3.8) is 0 Å². The molecule has 0 amide bonds. The maximum atomic E-state index is 13.3. The lowest BCUT2D eigenvalue weighted by molar-refractivity contribution is 0.0836. The number of phenolic OH excluding ortho intramolecular Hbond substituents is 5. The third-order valence-electron chi connectivity index (χ3n) is 6.41. The summed E-state index contributed by atoms with van der Waals surface area (Å²) in [7, 11) is 0. The van der Waals surface area contributed by atoms with Crippen LogP contribution in [0, 0.1) is 0 Å². The number of fused-ring (bicyclic) bond motifs is 1. The van der Waals surface area contributed by atoms with E-state index >= 15 is 0 Å². The minimum atomic E-state index is -1.08. The average molecular weight is 509 g/mol. The van der Waals surface area contributed by atoms with Crippen molar-refractivity contribution in [2.24, 2.45) is 0 Å². The van der Waals surface area contributed by atoms with E-state index in [0.717, 1.165) is 36.1 Å². The van der Waals surface area contributed by atoms with Crippen molar-refractivity contribution < 1.29 is 35.1 Å². The third kappa shape index (κ3) is 6.28. The zero-order valence-electron chi connectivity index (χ0n) is 22.1. The van der Waals surface area contributed by atoms with Crippen LogP contribution in [0.5, 0.6) is 34.5 Å². The summed E-state index contributed by atoms with van der Waals surface area (Å²) in [5.41, 5.74) is 3.86. The van der Waals surface area contributed by atoms with E-state index in [1.807, 2.05) is 46.8 Å². The summed E-state index contributed by atoms with van der Waals surface area (Å²) in [4.78, 5) is 13.3. The molecule has 0 unspecified atom stereocenters. The Morgan fingerprint density at radius 2 is 1.46 bits per heavy atom. The summed E-state index contributed by atoms with van der Waals surface area (Å²) >= 11 is 0. The van der Waals surface area contributed by atoms with Crippen LogP contribution in [-0.4, -0.2) is 31.3 Å². The van der Waals surface area contributed by atoms with Crippen LogP contribution in [-0.2, 0) is 12.8 Å². The predicted molar refractivity (Wildman–Crippen MR) is 143 cm³/mol. The zero-order chi connectivity index (χ0) is 27.4. The first-order chi connectivity index (χ1) is 17.4. The number of aromatic hydroxyl groups is 5. The highest BCUT2D eigenvalue weighted by Crippen LogP contribution is 2.50. The first-order valence-electron chi connectivity index (χ1n) is 12.4. The quantitative estimate of drug-likeness (QED) is 0.252. The molecule has 198 valence electrons. The van der Waals surface area contributed by atoms with E-state index in [-0.39, 0.29) is 59.0 Å². The molecule has 1 aliphatic rings. The van der Waals surface area contributed by atoms with E-state index in [1.54, 1.807) is 0 Å². The Labute approximate surface area is 217 Å². The summed E-state index contributed by atoms with van der Waals surface area (Å²) in [6.07, 6.45) is 6.86. The minimum Gasteiger partial charge on any atom is -0.508 e. The third-order valence-corrected chi connectivity index (χ3v) is 6.41. The van der Waals surface area contributed by atoms with E-state index in [2.05, 4.69) is 6.08 Å². The molecule has 0 fully saturated rings. The number of hydrogen-bond donors (Lipinski definition) is 5. The van der Waals surface area contributed by atoms with Crippen molar-refractivity contribution in [1.29, 1.82) is 0 Å². The van der Waals surface area contributed by atoms with Crippen molar-refractivity contribution in [3.05, 3.63) is 69.3 Å². The lowest BCUT2D eigenvalue weighted by Crippen LogP contribution is -2.22. The molecule has 1 atom stereocenters. The van der Waals surface area contributed by atoms with Gasteiger partial charge in [0.1, 0.15) is 46.2 Å². The van der Waals surface area contributed by atoms with Gasteiger partial charge in [-0.3, -0.25) is 4.79 Å². The van der Waals surface area contributed by atoms with E-state index in [4.69, 9.17) is 4.74 Å². The van der Waals surface area contributed by atoms with Crippen LogP contribution in [0.4, 0.5) is 0 Å². The van der Waals surface area contributed by atoms with Crippen LogP contribution < -0.4 is 4.74 Å². The van der Waals surface area contributed by atoms with Gasteiger partial charge < -0.3 is 30.3 Å². The van der Waals surface area contributed by atoms with Gasteiger partial charge in [0, 0.05) is 23.3 Å². The largest absolute Gasteiger partial charge is 0.508 e. The standard InChI is InChI=1S/C30H36O7/c1-16(2)7-6-8-18(5)10-12-20-28(35)21(11-9-17(3)4)30-27(29(20)36)24(34)15-25(37-30)26-22(32)13-19(31)14-23(26)33/h7,9-10,13-14,25,31-33,35-36H,6,8,11-12,15H2,1-5H3/t25-/m0/s1.